The van der Waals surface area contributed by atoms with Gasteiger partial charge in [0.1, 0.15) is 17.2 Å². The first-order valence-corrected chi connectivity index (χ1v) is 15.9. The summed E-state index contributed by atoms with van der Waals surface area (Å²) >= 11 is 0. The largest absolute Gasteiger partial charge is 0.416 e. The van der Waals surface area contributed by atoms with Crippen molar-refractivity contribution in [2.45, 2.75) is 80.7 Å². The Morgan fingerprint density at radius 1 is 1.05 bits per heavy atom. The van der Waals surface area contributed by atoms with Crippen LogP contribution in [0.5, 0.6) is 0 Å². The predicted molar refractivity (Wildman–Crippen MR) is 148 cm³/mol. The number of nitrogens with zero attached hydrogens (tertiary/aromatic N) is 2. The molecule has 3 unspecified atom stereocenters. The highest BCUT2D eigenvalue weighted by Gasteiger charge is 2.55. The van der Waals surface area contributed by atoms with Crippen LogP contribution in [0.1, 0.15) is 56.6 Å². The molecule has 0 spiro atoms. The van der Waals surface area contributed by atoms with Crippen LogP contribution in [-0.2, 0) is 27.5 Å². The zero-order valence-electron chi connectivity index (χ0n) is 23.2. The lowest BCUT2D eigenvalue weighted by molar-refractivity contribution is -0.137. The summed E-state index contributed by atoms with van der Waals surface area (Å²) in [7, 11) is -4.13. The van der Waals surface area contributed by atoms with Crippen molar-refractivity contribution in [1.29, 1.82) is 0 Å². The van der Waals surface area contributed by atoms with E-state index in [0.717, 1.165) is 56.4 Å². The molecular weight excluding hydrogens is 572 g/mol. The smallest absolute Gasteiger partial charge is 0.358 e. The summed E-state index contributed by atoms with van der Waals surface area (Å²) in [6.45, 7) is 2.00. The van der Waals surface area contributed by atoms with E-state index in [1.165, 1.54) is 28.6 Å². The van der Waals surface area contributed by atoms with Crippen molar-refractivity contribution in [3.8, 4) is 0 Å². The summed E-state index contributed by atoms with van der Waals surface area (Å²) in [6, 6.07) is 8.86. The van der Waals surface area contributed by atoms with E-state index in [-0.39, 0.29) is 41.1 Å². The van der Waals surface area contributed by atoms with E-state index in [9.17, 15) is 30.8 Å². The third-order valence-electron chi connectivity index (χ3n) is 9.56. The Morgan fingerprint density at radius 3 is 2.29 bits per heavy atom. The second-order valence-corrected chi connectivity index (χ2v) is 14.2. The number of sulfonamides is 1. The number of rotatable bonds is 8. The lowest BCUT2D eigenvalue weighted by Gasteiger charge is -2.40. The first kappa shape index (κ1) is 29.1. The molecule has 5 atom stereocenters. The van der Waals surface area contributed by atoms with E-state index >= 15 is 0 Å². The van der Waals surface area contributed by atoms with E-state index in [4.69, 9.17) is 4.99 Å². The molecule has 0 saturated heterocycles. The number of carbonyl (C=O) groups excluding carboxylic acids is 1. The number of aliphatic imine (C=N–C) groups is 1. The molecule has 4 aliphatic rings. The summed E-state index contributed by atoms with van der Waals surface area (Å²) in [5.41, 5.74) is -1.26. The van der Waals surface area contributed by atoms with Crippen molar-refractivity contribution in [2.75, 3.05) is 6.54 Å². The second-order valence-electron chi connectivity index (χ2n) is 12.3. The molecule has 2 aromatic carbocycles. The maximum absolute atomic E-state index is 14.0. The maximum atomic E-state index is 14.0. The lowest BCUT2D eigenvalue weighted by atomic mass is 9.71. The Labute approximate surface area is 242 Å². The Kier molecular flexibility index (Phi) is 7.36. The van der Waals surface area contributed by atoms with Gasteiger partial charge in [0.15, 0.2) is 0 Å². The molecule has 1 amide bonds. The average Bonchev–Trinajstić information content (AvgIpc) is 3.41. The monoisotopic (exact) mass is 606 g/mol. The third kappa shape index (κ3) is 5.32. The highest BCUT2D eigenvalue weighted by molar-refractivity contribution is 7.89. The van der Waals surface area contributed by atoms with Crippen LogP contribution in [-0.4, -0.2) is 48.6 Å². The quantitative estimate of drug-likeness (QED) is 0.420. The van der Waals surface area contributed by atoms with Gasteiger partial charge in [-0.3, -0.25) is 9.79 Å². The second kappa shape index (κ2) is 10.6. The number of amides is 1. The van der Waals surface area contributed by atoms with Gasteiger partial charge in [-0.2, -0.15) is 17.5 Å². The fraction of sp³-hybridized carbons (Fsp3) is 0.533. The Morgan fingerprint density at radius 2 is 1.71 bits per heavy atom. The molecule has 0 aromatic heterocycles. The molecule has 1 aliphatic heterocycles. The number of halogens is 4. The van der Waals surface area contributed by atoms with Crippen LogP contribution >= 0.6 is 0 Å². The summed E-state index contributed by atoms with van der Waals surface area (Å²) in [6.07, 6.45) is 0.704. The SMILES string of the molecule is C[C@]1(C(=O)NC2CCC2)CN=C([C@H]2CC(N(Cc3ccc(C(F)(F)F)cc3)S(=O)(=O)c3ccc(F)cc3)C3CCC32)N1. The Hall–Kier alpha value is -2.99. The van der Waals surface area contributed by atoms with E-state index in [1.807, 2.05) is 6.92 Å². The first-order chi connectivity index (χ1) is 19.8. The van der Waals surface area contributed by atoms with Crippen LogP contribution in [0.15, 0.2) is 58.4 Å². The molecule has 6 rings (SSSR count). The molecule has 7 nitrogen and oxygen atoms in total. The number of alkyl halides is 3. The average molecular weight is 607 g/mol. The number of benzene rings is 2. The molecular formula is C30H34F4N4O3S. The van der Waals surface area contributed by atoms with Gasteiger partial charge in [-0.05, 0) is 99.2 Å². The zero-order valence-corrected chi connectivity index (χ0v) is 24.0. The normalized spacial score (nSPS) is 29.3. The van der Waals surface area contributed by atoms with Crippen LogP contribution in [0.3, 0.4) is 0 Å². The Balaban J connectivity index is 1.26. The first-order valence-electron chi connectivity index (χ1n) is 14.4. The third-order valence-corrected chi connectivity index (χ3v) is 11.4. The number of nitrogens with one attached hydrogen (secondary N) is 2. The van der Waals surface area contributed by atoms with Gasteiger partial charge in [0.25, 0.3) is 0 Å². The maximum Gasteiger partial charge on any atom is 0.416 e. The molecule has 0 radical (unpaired) electrons. The number of hydrogen-bond acceptors (Lipinski definition) is 5. The molecule has 12 heteroatoms. The molecule has 42 heavy (non-hydrogen) atoms. The standard InChI is InChI=1S/C30H34F4N4O3S/c1-29(28(39)36-21-3-2-4-21)17-35-27(37-29)25-15-26(24-14-13-23(24)25)38(42(40,41)22-11-9-20(31)10-12-22)16-18-5-7-19(8-6-18)30(32,33)34/h5-12,21,23-26H,2-4,13-17H2,1H3,(H,35,37)(H,36,39)/t23?,24?,25-,26?,29+/m0/s1. The number of carbonyl (C=O) groups is 1. The van der Waals surface area contributed by atoms with Gasteiger partial charge < -0.3 is 10.6 Å². The highest BCUT2D eigenvalue weighted by Crippen LogP contribution is 2.54. The predicted octanol–water partition coefficient (Wildman–Crippen LogP) is 4.88. The van der Waals surface area contributed by atoms with Crippen LogP contribution in [0.25, 0.3) is 0 Å². The van der Waals surface area contributed by atoms with Gasteiger partial charge in [-0.1, -0.05) is 12.1 Å². The van der Waals surface area contributed by atoms with Gasteiger partial charge in [-0.15, -0.1) is 0 Å². The summed E-state index contributed by atoms with van der Waals surface area (Å²) in [5.74, 6) is 0.167. The van der Waals surface area contributed by atoms with Gasteiger partial charge in [0.05, 0.1) is 17.0 Å². The molecule has 3 aliphatic carbocycles. The van der Waals surface area contributed by atoms with Gasteiger partial charge in [-0.25, -0.2) is 12.8 Å². The van der Waals surface area contributed by atoms with Gasteiger partial charge in [0, 0.05) is 24.5 Å². The Bertz CT molecular complexity index is 1480. The summed E-state index contributed by atoms with van der Waals surface area (Å²) in [4.78, 5) is 17.7. The lowest BCUT2D eigenvalue weighted by Crippen LogP contribution is -2.59. The molecule has 1 heterocycles. The molecule has 3 fully saturated rings. The van der Waals surface area contributed by atoms with E-state index in [1.54, 1.807) is 0 Å². The van der Waals surface area contributed by atoms with Gasteiger partial charge >= 0.3 is 6.18 Å². The molecule has 2 N–H and O–H groups in total. The van der Waals surface area contributed by atoms with Crippen molar-refractivity contribution >= 4 is 21.8 Å². The molecule has 2 aromatic rings. The van der Waals surface area contributed by atoms with E-state index in [2.05, 4.69) is 10.6 Å². The summed E-state index contributed by atoms with van der Waals surface area (Å²) < 4.78 is 82.6. The molecule has 3 saturated carbocycles. The minimum absolute atomic E-state index is 0.0276. The number of fused-ring (bicyclic) bond motifs is 1. The van der Waals surface area contributed by atoms with Crippen LogP contribution < -0.4 is 10.6 Å². The van der Waals surface area contributed by atoms with Crippen LogP contribution in [0.2, 0.25) is 0 Å². The number of hydrogen-bond donors (Lipinski definition) is 2. The van der Waals surface area contributed by atoms with Gasteiger partial charge in [0.2, 0.25) is 15.9 Å². The zero-order chi connectivity index (χ0) is 29.9. The van der Waals surface area contributed by atoms with Crippen molar-refractivity contribution in [2.24, 2.45) is 22.7 Å². The van der Waals surface area contributed by atoms with Crippen molar-refractivity contribution < 1.29 is 30.8 Å². The molecule has 226 valence electrons. The summed E-state index contributed by atoms with van der Waals surface area (Å²) in [5, 5.41) is 6.47. The van der Waals surface area contributed by atoms with Crippen LogP contribution in [0, 0.1) is 23.6 Å². The minimum Gasteiger partial charge on any atom is -0.358 e. The minimum atomic E-state index is -4.51. The fourth-order valence-corrected chi connectivity index (χ4v) is 8.40. The molecule has 0 bridgehead atoms. The fourth-order valence-electron chi connectivity index (χ4n) is 6.73. The highest BCUT2D eigenvalue weighted by atomic mass is 32.2. The van der Waals surface area contributed by atoms with E-state index < -0.39 is 39.2 Å². The number of amidine groups is 1. The van der Waals surface area contributed by atoms with Crippen molar-refractivity contribution in [3.63, 3.8) is 0 Å². The van der Waals surface area contributed by atoms with Crippen molar-refractivity contribution in [3.05, 3.63) is 65.5 Å². The van der Waals surface area contributed by atoms with Crippen LogP contribution in [0.4, 0.5) is 17.6 Å². The van der Waals surface area contributed by atoms with E-state index in [0.29, 0.717) is 24.4 Å². The van der Waals surface area contributed by atoms with Crippen molar-refractivity contribution in [1.82, 2.24) is 14.9 Å². The topological polar surface area (TPSA) is 90.9 Å².